The minimum absolute atomic E-state index is 0.0173. The number of carbonyl (C=O) groups excluding carboxylic acids is 1. The van der Waals surface area contributed by atoms with E-state index in [2.05, 4.69) is 24.1 Å². The summed E-state index contributed by atoms with van der Waals surface area (Å²) in [4.78, 5) is 14.4. The standard InChI is InChI=1S/C15H23N3OS/c1-11(2)10-18(3)9-8-14(19)17-13-6-4-12(5-7-13)15(16)20/h4-7,11H,8-10H2,1-3H3,(H2,16,20)(H,17,19). The lowest BCUT2D eigenvalue weighted by Gasteiger charge is -2.18. The Morgan fingerprint density at radius 1 is 1.35 bits per heavy atom. The lowest BCUT2D eigenvalue weighted by molar-refractivity contribution is -0.116. The van der Waals surface area contributed by atoms with Crippen molar-refractivity contribution in [3.05, 3.63) is 29.8 Å². The van der Waals surface area contributed by atoms with Gasteiger partial charge in [0.05, 0.1) is 0 Å². The number of hydrogen-bond acceptors (Lipinski definition) is 3. The molecule has 0 saturated heterocycles. The third kappa shape index (κ3) is 6.12. The molecule has 1 aromatic carbocycles. The number of anilines is 1. The number of rotatable bonds is 7. The highest BCUT2D eigenvalue weighted by molar-refractivity contribution is 7.80. The van der Waals surface area contributed by atoms with Crippen LogP contribution in [-0.2, 0) is 4.79 Å². The summed E-state index contributed by atoms with van der Waals surface area (Å²) in [6.07, 6.45) is 0.486. The number of benzene rings is 1. The van der Waals surface area contributed by atoms with Gasteiger partial charge in [0.1, 0.15) is 4.99 Å². The quantitative estimate of drug-likeness (QED) is 0.757. The first-order valence-electron chi connectivity index (χ1n) is 6.76. The summed E-state index contributed by atoms with van der Waals surface area (Å²) < 4.78 is 0. The van der Waals surface area contributed by atoms with Gasteiger partial charge in [0, 0.05) is 30.8 Å². The van der Waals surface area contributed by atoms with E-state index < -0.39 is 0 Å². The molecule has 0 atom stereocenters. The number of nitrogens with one attached hydrogen (secondary N) is 1. The van der Waals surface area contributed by atoms with E-state index >= 15 is 0 Å². The Balaban J connectivity index is 2.40. The number of thiocarbonyl (C=S) groups is 1. The summed E-state index contributed by atoms with van der Waals surface area (Å²) in [5.74, 6) is 0.624. The summed E-state index contributed by atoms with van der Waals surface area (Å²) in [7, 11) is 2.03. The van der Waals surface area contributed by atoms with Crippen molar-refractivity contribution >= 4 is 28.8 Å². The molecular formula is C15H23N3OS. The van der Waals surface area contributed by atoms with Gasteiger partial charge in [-0.05, 0) is 37.2 Å². The maximum Gasteiger partial charge on any atom is 0.225 e. The molecule has 5 heteroatoms. The van der Waals surface area contributed by atoms with E-state index in [9.17, 15) is 4.79 Å². The van der Waals surface area contributed by atoms with Crippen LogP contribution in [0, 0.1) is 5.92 Å². The number of nitrogens with zero attached hydrogens (tertiary/aromatic N) is 1. The van der Waals surface area contributed by atoms with Crippen molar-refractivity contribution in [3.8, 4) is 0 Å². The van der Waals surface area contributed by atoms with E-state index in [1.165, 1.54) is 0 Å². The first-order valence-corrected chi connectivity index (χ1v) is 7.17. The highest BCUT2D eigenvalue weighted by Crippen LogP contribution is 2.10. The molecule has 0 unspecified atom stereocenters. The average molecular weight is 293 g/mol. The van der Waals surface area contributed by atoms with Crippen LogP contribution in [0.1, 0.15) is 25.8 Å². The second kappa shape index (κ2) is 7.97. The van der Waals surface area contributed by atoms with Gasteiger partial charge in [-0.2, -0.15) is 0 Å². The molecule has 0 bridgehead atoms. The fraction of sp³-hybridized carbons (Fsp3) is 0.467. The van der Waals surface area contributed by atoms with Gasteiger partial charge in [-0.25, -0.2) is 0 Å². The fourth-order valence-corrected chi connectivity index (χ4v) is 2.08. The Hall–Kier alpha value is -1.46. The van der Waals surface area contributed by atoms with E-state index in [1.807, 2.05) is 31.3 Å². The zero-order valence-corrected chi connectivity index (χ0v) is 13.2. The molecule has 20 heavy (non-hydrogen) atoms. The van der Waals surface area contributed by atoms with Gasteiger partial charge in [0.2, 0.25) is 5.91 Å². The Labute approximate surface area is 126 Å². The molecule has 1 aromatic rings. The molecule has 0 heterocycles. The van der Waals surface area contributed by atoms with Crippen LogP contribution in [0.3, 0.4) is 0 Å². The van der Waals surface area contributed by atoms with Crippen molar-refractivity contribution < 1.29 is 4.79 Å². The zero-order chi connectivity index (χ0) is 15.1. The lowest BCUT2D eigenvalue weighted by atomic mass is 10.2. The molecule has 3 N–H and O–H groups in total. The molecule has 0 spiro atoms. The molecule has 1 rings (SSSR count). The zero-order valence-electron chi connectivity index (χ0n) is 12.3. The van der Waals surface area contributed by atoms with E-state index in [1.54, 1.807) is 0 Å². The van der Waals surface area contributed by atoms with Crippen LogP contribution in [0.5, 0.6) is 0 Å². The second-order valence-electron chi connectivity index (χ2n) is 5.40. The van der Waals surface area contributed by atoms with Gasteiger partial charge in [0.15, 0.2) is 0 Å². The summed E-state index contributed by atoms with van der Waals surface area (Å²) >= 11 is 4.88. The van der Waals surface area contributed by atoms with Gasteiger partial charge in [-0.1, -0.05) is 26.1 Å². The van der Waals surface area contributed by atoms with Crippen LogP contribution >= 0.6 is 12.2 Å². The van der Waals surface area contributed by atoms with Crippen molar-refractivity contribution in [1.29, 1.82) is 0 Å². The van der Waals surface area contributed by atoms with Crippen molar-refractivity contribution in [2.75, 3.05) is 25.5 Å². The highest BCUT2D eigenvalue weighted by Gasteiger charge is 2.06. The fourth-order valence-electron chi connectivity index (χ4n) is 1.95. The number of carbonyl (C=O) groups is 1. The monoisotopic (exact) mass is 293 g/mol. The minimum Gasteiger partial charge on any atom is -0.389 e. The smallest absolute Gasteiger partial charge is 0.225 e. The molecule has 1 amide bonds. The number of amides is 1. The van der Waals surface area contributed by atoms with Crippen LogP contribution in [0.2, 0.25) is 0 Å². The normalized spacial score (nSPS) is 10.8. The van der Waals surface area contributed by atoms with E-state index in [4.69, 9.17) is 18.0 Å². The SMILES string of the molecule is CC(C)CN(C)CCC(=O)Nc1ccc(C(N)=S)cc1. The van der Waals surface area contributed by atoms with Crippen LogP contribution in [0.4, 0.5) is 5.69 Å². The van der Waals surface area contributed by atoms with Crippen LogP contribution in [-0.4, -0.2) is 35.9 Å². The molecule has 110 valence electrons. The van der Waals surface area contributed by atoms with Crippen LogP contribution in [0.25, 0.3) is 0 Å². The third-order valence-electron chi connectivity index (χ3n) is 2.85. The first kappa shape index (κ1) is 16.6. The Morgan fingerprint density at radius 2 is 1.95 bits per heavy atom. The van der Waals surface area contributed by atoms with Gasteiger partial charge in [-0.15, -0.1) is 0 Å². The van der Waals surface area contributed by atoms with E-state index in [0.717, 1.165) is 24.3 Å². The number of nitrogens with two attached hydrogens (primary N) is 1. The van der Waals surface area contributed by atoms with Gasteiger partial charge in [-0.3, -0.25) is 4.79 Å². The molecule has 0 saturated carbocycles. The van der Waals surface area contributed by atoms with E-state index in [0.29, 0.717) is 17.3 Å². The van der Waals surface area contributed by atoms with Crippen molar-refractivity contribution in [2.45, 2.75) is 20.3 Å². The minimum atomic E-state index is 0.0173. The van der Waals surface area contributed by atoms with Gasteiger partial charge < -0.3 is 16.0 Å². The molecule has 0 aliphatic heterocycles. The highest BCUT2D eigenvalue weighted by atomic mass is 32.1. The third-order valence-corrected chi connectivity index (χ3v) is 3.09. The Kier molecular flexibility index (Phi) is 6.61. The largest absolute Gasteiger partial charge is 0.389 e. The predicted octanol–water partition coefficient (Wildman–Crippen LogP) is 2.24. The van der Waals surface area contributed by atoms with Crippen molar-refractivity contribution in [2.24, 2.45) is 11.7 Å². The maximum atomic E-state index is 11.8. The molecule has 0 aliphatic carbocycles. The summed E-state index contributed by atoms with van der Waals surface area (Å²) in [5.41, 5.74) is 7.09. The van der Waals surface area contributed by atoms with Crippen LogP contribution < -0.4 is 11.1 Å². The van der Waals surface area contributed by atoms with E-state index in [-0.39, 0.29) is 5.91 Å². The second-order valence-corrected chi connectivity index (χ2v) is 5.84. The Bertz CT molecular complexity index is 457. The molecule has 0 aromatic heterocycles. The Morgan fingerprint density at radius 3 is 2.45 bits per heavy atom. The lowest BCUT2D eigenvalue weighted by Crippen LogP contribution is -2.27. The number of hydrogen-bond donors (Lipinski definition) is 2. The molecular weight excluding hydrogens is 270 g/mol. The summed E-state index contributed by atoms with van der Waals surface area (Å²) in [5, 5.41) is 2.87. The maximum absolute atomic E-state index is 11.8. The first-order chi connectivity index (χ1) is 9.38. The van der Waals surface area contributed by atoms with Crippen LogP contribution in [0.15, 0.2) is 24.3 Å². The molecule has 0 aliphatic rings. The summed E-state index contributed by atoms with van der Waals surface area (Å²) in [6, 6.07) is 7.24. The van der Waals surface area contributed by atoms with Crippen molar-refractivity contribution in [3.63, 3.8) is 0 Å². The van der Waals surface area contributed by atoms with Gasteiger partial charge >= 0.3 is 0 Å². The topological polar surface area (TPSA) is 58.4 Å². The average Bonchev–Trinajstić information content (AvgIpc) is 2.36. The predicted molar refractivity (Wildman–Crippen MR) is 87.9 cm³/mol. The molecule has 0 radical (unpaired) electrons. The van der Waals surface area contributed by atoms with Gasteiger partial charge in [0.25, 0.3) is 0 Å². The summed E-state index contributed by atoms with van der Waals surface area (Å²) in [6.45, 7) is 6.09. The van der Waals surface area contributed by atoms with Crippen molar-refractivity contribution in [1.82, 2.24) is 4.90 Å². The molecule has 4 nitrogen and oxygen atoms in total. The molecule has 0 fully saturated rings.